The minimum atomic E-state index is -3.37. The van der Waals surface area contributed by atoms with Crippen LogP contribution < -0.4 is 0 Å². The van der Waals surface area contributed by atoms with Gasteiger partial charge >= 0.3 is 0 Å². The van der Waals surface area contributed by atoms with Crippen molar-refractivity contribution < 1.29 is 8.42 Å². The zero-order chi connectivity index (χ0) is 13.7. The molecule has 6 heteroatoms. The van der Waals surface area contributed by atoms with Crippen LogP contribution in [0.1, 0.15) is 6.42 Å². The largest absolute Gasteiger partial charge is 0.256 e. The average molecular weight is 306 g/mol. The first-order valence-corrected chi connectivity index (χ1v) is 9.12. The van der Waals surface area contributed by atoms with E-state index in [4.69, 9.17) is 0 Å². The third-order valence-electron chi connectivity index (χ3n) is 4.03. The van der Waals surface area contributed by atoms with Crippen molar-refractivity contribution in [2.24, 2.45) is 0 Å². The van der Waals surface area contributed by atoms with E-state index in [2.05, 4.69) is 4.98 Å². The Morgan fingerprint density at radius 1 is 1.30 bits per heavy atom. The van der Waals surface area contributed by atoms with Crippen LogP contribution in [0.25, 0.3) is 10.9 Å². The summed E-state index contributed by atoms with van der Waals surface area (Å²) in [5.41, 5.74) is 0.824. The highest BCUT2D eigenvalue weighted by atomic mass is 32.2. The lowest BCUT2D eigenvalue weighted by Crippen LogP contribution is -2.39. The van der Waals surface area contributed by atoms with E-state index in [1.807, 2.05) is 23.9 Å². The fourth-order valence-corrected chi connectivity index (χ4v) is 6.35. The van der Waals surface area contributed by atoms with Gasteiger partial charge in [-0.15, -0.1) is 0 Å². The van der Waals surface area contributed by atoms with Crippen molar-refractivity contribution in [2.45, 2.75) is 22.6 Å². The Hall–Kier alpha value is -1.11. The number of rotatable bonds is 2. The maximum absolute atomic E-state index is 12.8. The molecule has 3 heterocycles. The van der Waals surface area contributed by atoms with Gasteiger partial charge in [-0.3, -0.25) is 4.98 Å². The SMILES string of the molecule is O=S(=O)(c1ccc2ncccc2c1)N1CC2CC1CS2. The van der Waals surface area contributed by atoms with Crippen molar-refractivity contribution in [1.29, 1.82) is 0 Å². The first kappa shape index (κ1) is 12.6. The van der Waals surface area contributed by atoms with Gasteiger partial charge in [-0.05, 0) is 30.7 Å². The van der Waals surface area contributed by atoms with E-state index in [-0.39, 0.29) is 6.04 Å². The third-order valence-corrected chi connectivity index (χ3v) is 7.34. The highest BCUT2D eigenvalue weighted by molar-refractivity contribution is 8.00. The topological polar surface area (TPSA) is 50.3 Å². The van der Waals surface area contributed by atoms with E-state index in [0.717, 1.165) is 23.1 Å². The Bertz CT molecular complexity index is 776. The smallest absolute Gasteiger partial charge is 0.243 e. The van der Waals surface area contributed by atoms with Gasteiger partial charge < -0.3 is 0 Å². The van der Waals surface area contributed by atoms with Gasteiger partial charge in [0.1, 0.15) is 0 Å². The second-order valence-corrected chi connectivity index (χ2v) is 8.50. The highest BCUT2D eigenvalue weighted by Gasteiger charge is 2.44. The van der Waals surface area contributed by atoms with Crippen LogP contribution in [-0.2, 0) is 10.0 Å². The van der Waals surface area contributed by atoms with E-state index in [1.165, 1.54) is 0 Å². The van der Waals surface area contributed by atoms with Crippen LogP contribution >= 0.6 is 11.8 Å². The summed E-state index contributed by atoms with van der Waals surface area (Å²) in [7, 11) is -3.37. The molecule has 1 aromatic heterocycles. The zero-order valence-corrected chi connectivity index (χ0v) is 12.4. The number of fused-ring (bicyclic) bond motifs is 3. The minimum Gasteiger partial charge on any atom is -0.256 e. The molecule has 4 nitrogen and oxygen atoms in total. The van der Waals surface area contributed by atoms with E-state index in [0.29, 0.717) is 16.7 Å². The number of benzene rings is 1. The fraction of sp³-hybridized carbons (Fsp3) is 0.357. The summed E-state index contributed by atoms with van der Waals surface area (Å²) in [6.07, 6.45) is 2.71. The molecular formula is C14H14N2O2S2. The van der Waals surface area contributed by atoms with Crippen LogP contribution in [0, 0.1) is 0 Å². The molecule has 0 spiro atoms. The summed E-state index contributed by atoms with van der Waals surface area (Å²) in [5.74, 6) is 0.930. The molecule has 0 saturated carbocycles. The maximum Gasteiger partial charge on any atom is 0.243 e. The molecule has 2 fully saturated rings. The number of pyridine rings is 1. The molecule has 1 aromatic carbocycles. The molecule has 2 unspecified atom stereocenters. The molecule has 0 amide bonds. The molecule has 20 heavy (non-hydrogen) atoms. The molecule has 2 aromatic rings. The summed E-state index contributed by atoms with van der Waals surface area (Å²) in [4.78, 5) is 4.61. The Morgan fingerprint density at radius 3 is 2.95 bits per heavy atom. The number of aromatic nitrogens is 1. The van der Waals surface area contributed by atoms with Crippen LogP contribution in [0.15, 0.2) is 41.4 Å². The second kappa shape index (κ2) is 4.44. The van der Waals surface area contributed by atoms with Crippen molar-refractivity contribution >= 4 is 32.7 Å². The molecular weight excluding hydrogens is 292 g/mol. The lowest BCUT2D eigenvalue weighted by molar-refractivity contribution is 0.410. The number of nitrogens with zero attached hydrogens (tertiary/aromatic N) is 2. The van der Waals surface area contributed by atoms with E-state index >= 15 is 0 Å². The van der Waals surface area contributed by atoms with Crippen molar-refractivity contribution in [2.75, 3.05) is 12.3 Å². The third kappa shape index (κ3) is 1.86. The molecule has 2 bridgehead atoms. The normalized spacial score (nSPS) is 26.4. The predicted molar refractivity (Wildman–Crippen MR) is 80.3 cm³/mol. The highest BCUT2D eigenvalue weighted by Crippen LogP contribution is 2.40. The first-order valence-electron chi connectivity index (χ1n) is 6.63. The first-order chi connectivity index (χ1) is 9.64. The van der Waals surface area contributed by atoms with Crippen LogP contribution in [0.2, 0.25) is 0 Å². The standard InChI is InChI=1S/C14H14N2O2S2/c17-20(18,16-8-12-7-11(16)9-19-12)13-3-4-14-10(6-13)2-1-5-15-14/h1-6,11-12H,7-9H2. The van der Waals surface area contributed by atoms with Crippen molar-refractivity contribution in [3.63, 3.8) is 0 Å². The van der Waals surface area contributed by atoms with Gasteiger partial charge in [0.05, 0.1) is 10.4 Å². The molecule has 0 aliphatic carbocycles. The summed E-state index contributed by atoms with van der Waals surface area (Å²) in [6.45, 7) is 0.655. The maximum atomic E-state index is 12.8. The van der Waals surface area contributed by atoms with Gasteiger partial charge in [-0.2, -0.15) is 16.1 Å². The molecule has 2 aliphatic heterocycles. The number of sulfonamides is 1. The summed E-state index contributed by atoms with van der Waals surface area (Å²) in [6, 6.07) is 9.09. The zero-order valence-electron chi connectivity index (χ0n) is 10.8. The second-order valence-electron chi connectivity index (χ2n) is 5.28. The average Bonchev–Trinajstić information content (AvgIpc) is 3.09. The van der Waals surface area contributed by atoms with Gasteiger partial charge in [0.2, 0.25) is 10.0 Å². The summed E-state index contributed by atoms with van der Waals surface area (Å²) < 4.78 is 27.2. The van der Waals surface area contributed by atoms with E-state index in [9.17, 15) is 8.42 Å². The molecule has 4 rings (SSSR count). The lowest BCUT2D eigenvalue weighted by atomic mass is 10.2. The molecule has 2 aliphatic rings. The summed E-state index contributed by atoms with van der Waals surface area (Å²) in [5, 5.41) is 1.35. The van der Waals surface area contributed by atoms with Gasteiger partial charge in [0, 0.05) is 35.2 Å². The van der Waals surface area contributed by atoms with Crippen molar-refractivity contribution in [3.05, 3.63) is 36.5 Å². The Balaban J connectivity index is 1.77. The monoisotopic (exact) mass is 306 g/mol. The lowest BCUT2D eigenvalue weighted by Gasteiger charge is -2.25. The molecule has 2 saturated heterocycles. The quantitative estimate of drug-likeness (QED) is 0.853. The van der Waals surface area contributed by atoms with Gasteiger partial charge in [0.15, 0.2) is 0 Å². The van der Waals surface area contributed by atoms with Crippen LogP contribution in [0.3, 0.4) is 0 Å². The Labute approximate surface area is 122 Å². The number of hydrogen-bond acceptors (Lipinski definition) is 4. The van der Waals surface area contributed by atoms with Crippen LogP contribution in [0.4, 0.5) is 0 Å². The van der Waals surface area contributed by atoms with Crippen LogP contribution in [0.5, 0.6) is 0 Å². The van der Waals surface area contributed by atoms with Gasteiger partial charge in [-0.1, -0.05) is 6.07 Å². The fourth-order valence-electron chi connectivity index (χ4n) is 3.01. The number of hydrogen-bond donors (Lipinski definition) is 0. The van der Waals surface area contributed by atoms with E-state index < -0.39 is 10.0 Å². The molecule has 0 radical (unpaired) electrons. The summed E-state index contributed by atoms with van der Waals surface area (Å²) >= 11 is 1.89. The molecule has 0 N–H and O–H groups in total. The van der Waals surface area contributed by atoms with Gasteiger partial charge in [-0.25, -0.2) is 8.42 Å². The Morgan fingerprint density at radius 2 is 2.20 bits per heavy atom. The molecule has 2 atom stereocenters. The van der Waals surface area contributed by atoms with Gasteiger partial charge in [0.25, 0.3) is 0 Å². The molecule has 104 valence electrons. The van der Waals surface area contributed by atoms with Crippen LogP contribution in [-0.4, -0.2) is 41.3 Å². The van der Waals surface area contributed by atoms with E-state index in [1.54, 1.807) is 28.7 Å². The Kier molecular flexibility index (Phi) is 2.80. The van der Waals surface area contributed by atoms with Crippen molar-refractivity contribution in [3.8, 4) is 0 Å². The predicted octanol–water partition coefficient (Wildman–Crippen LogP) is 2.11. The number of thioether (sulfide) groups is 1. The minimum absolute atomic E-state index is 0.180. The van der Waals surface area contributed by atoms with Crippen molar-refractivity contribution in [1.82, 2.24) is 9.29 Å².